The van der Waals surface area contributed by atoms with Gasteiger partial charge in [-0.25, -0.2) is 0 Å². The lowest BCUT2D eigenvalue weighted by Crippen LogP contribution is -2.29. The molecular weight excluding hydrogens is 222 g/mol. The molecule has 16 heavy (non-hydrogen) atoms. The summed E-state index contributed by atoms with van der Waals surface area (Å²) in [7, 11) is 0. The van der Waals surface area contributed by atoms with Gasteiger partial charge in [-0.2, -0.15) is 0 Å². The van der Waals surface area contributed by atoms with Gasteiger partial charge in [0.2, 0.25) is 0 Å². The Morgan fingerprint density at radius 2 is 1.81 bits per heavy atom. The van der Waals surface area contributed by atoms with Gasteiger partial charge < -0.3 is 9.73 Å². The molecule has 0 saturated carbocycles. The van der Waals surface area contributed by atoms with Gasteiger partial charge in [-0.1, -0.05) is 27.7 Å². The molecule has 3 heteroatoms. The van der Waals surface area contributed by atoms with Crippen LogP contribution in [0.25, 0.3) is 0 Å². The van der Waals surface area contributed by atoms with Crippen LogP contribution in [0.4, 0.5) is 0 Å². The molecule has 0 spiro atoms. The molecule has 0 atom stereocenters. The van der Waals surface area contributed by atoms with Crippen molar-refractivity contribution in [3.63, 3.8) is 0 Å². The molecule has 0 aliphatic carbocycles. The first-order valence-corrected chi connectivity index (χ1v) is 6.33. The highest BCUT2D eigenvalue weighted by Gasteiger charge is 2.16. The van der Waals surface area contributed by atoms with E-state index < -0.39 is 0 Å². The zero-order valence-electron chi connectivity index (χ0n) is 10.6. The maximum Gasteiger partial charge on any atom is 0.193 e. The highest BCUT2D eigenvalue weighted by molar-refractivity contribution is 6.28. The van der Waals surface area contributed by atoms with Crippen LogP contribution in [0, 0.1) is 17.8 Å². The SMILES string of the molecule is CC(C)C(CNCc1ccc(Cl)o1)C(C)C. The predicted octanol–water partition coefficient (Wildman–Crippen LogP) is 3.95. The summed E-state index contributed by atoms with van der Waals surface area (Å²) in [5, 5.41) is 3.88. The van der Waals surface area contributed by atoms with Crippen molar-refractivity contribution in [2.45, 2.75) is 34.2 Å². The lowest BCUT2D eigenvalue weighted by atomic mass is 9.85. The summed E-state index contributed by atoms with van der Waals surface area (Å²) < 4.78 is 5.29. The van der Waals surface area contributed by atoms with E-state index in [4.69, 9.17) is 16.0 Å². The zero-order chi connectivity index (χ0) is 12.1. The maximum absolute atomic E-state index is 5.71. The van der Waals surface area contributed by atoms with Crippen molar-refractivity contribution in [2.24, 2.45) is 17.8 Å². The van der Waals surface area contributed by atoms with E-state index in [1.54, 1.807) is 6.07 Å². The Labute approximate surface area is 103 Å². The van der Waals surface area contributed by atoms with Crippen molar-refractivity contribution in [3.8, 4) is 0 Å². The Bertz CT molecular complexity index is 299. The average molecular weight is 244 g/mol. The second-order valence-corrected chi connectivity index (χ2v) is 5.36. The van der Waals surface area contributed by atoms with E-state index in [2.05, 4.69) is 33.0 Å². The van der Waals surface area contributed by atoms with Crippen LogP contribution in [0.5, 0.6) is 0 Å². The second kappa shape index (κ2) is 6.31. The van der Waals surface area contributed by atoms with Gasteiger partial charge in [0.25, 0.3) is 0 Å². The lowest BCUT2D eigenvalue weighted by Gasteiger charge is -2.24. The molecule has 92 valence electrons. The van der Waals surface area contributed by atoms with Gasteiger partial charge in [-0.3, -0.25) is 0 Å². The molecule has 0 aliphatic heterocycles. The van der Waals surface area contributed by atoms with Crippen LogP contribution in [0.3, 0.4) is 0 Å². The largest absolute Gasteiger partial charge is 0.448 e. The number of furan rings is 1. The molecule has 0 aromatic carbocycles. The van der Waals surface area contributed by atoms with E-state index in [1.807, 2.05) is 6.07 Å². The molecule has 2 nitrogen and oxygen atoms in total. The summed E-state index contributed by atoms with van der Waals surface area (Å²) in [6.45, 7) is 10.9. The molecule has 0 amide bonds. The van der Waals surface area contributed by atoms with E-state index in [1.165, 1.54) is 0 Å². The van der Waals surface area contributed by atoms with Crippen LogP contribution in [0.15, 0.2) is 16.5 Å². The third-order valence-electron chi connectivity index (χ3n) is 3.02. The Kier molecular flexibility index (Phi) is 5.36. The fourth-order valence-corrected chi connectivity index (χ4v) is 2.21. The first-order valence-electron chi connectivity index (χ1n) is 5.95. The van der Waals surface area contributed by atoms with Gasteiger partial charge in [0.15, 0.2) is 5.22 Å². The van der Waals surface area contributed by atoms with Gasteiger partial charge in [0.05, 0.1) is 6.54 Å². The standard InChI is InChI=1S/C13H22ClNO/c1-9(2)12(10(3)4)8-15-7-11-5-6-13(14)16-11/h5-6,9-10,12,15H,7-8H2,1-4H3. The van der Waals surface area contributed by atoms with E-state index in [0.29, 0.717) is 23.0 Å². The van der Waals surface area contributed by atoms with E-state index in [9.17, 15) is 0 Å². The van der Waals surface area contributed by atoms with Gasteiger partial charge in [0.1, 0.15) is 5.76 Å². The highest BCUT2D eigenvalue weighted by Crippen LogP contribution is 2.19. The van der Waals surface area contributed by atoms with Crippen LogP contribution < -0.4 is 5.32 Å². The molecule has 0 fully saturated rings. The smallest absolute Gasteiger partial charge is 0.193 e. The predicted molar refractivity (Wildman–Crippen MR) is 68.6 cm³/mol. The Morgan fingerprint density at radius 3 is 2.25 bits per heavy atom. The summed E-state index contributed by atoms with van der Waals surface area (Å²) in [6, 6.07) is 3.69. The molecule has 1 aromatic heterocycles. The summed E-state index contributed by atoms with van der Waals surface area (Å²) in [6.07, 6.45) is 0. The molecule has 0 radical (unpaired) electrons. The van der Waals surface area contributed by atoms with Crippen molar-refractivity contribution in [1.82, 2.24) is 5.32 Å². The highest BCUT2D eigenvalue weighted by atomic mass is 35.5. The first kappa shape index (κ1) is 13.6. The van der Waals surface area contributed by atoms with Crippen LogP contribution >= 0.6 is 11.6 Å². The summed E-state index contributed by atoms with van der Waals surface area (Å²) in [4.78, 5) is 0. The average Bonchev–Trinajstić information content (AvgIpc) is 2.57. The van der Waals surface area contributed by atoms with E-state index in [-0.39, 0.29) is 0 Å². The second-order valence-electron chi connectivity index (χ2n) is 4.99. The quantitative estimate of drug-likeness (QED) is 0.819. The third kappa shape index (κ3) is 4.18. The number of rotatable bonds is 6. The molecule has 0 bridgehead atoms. The minimum absolute atomic E-state index is 0.459. The summed E-state index contributed by atoms with van der Waals surface area (Å²) in [5.41, 5.74) is 0. The third-order valence-corrected chi connectivity index (χ3v) is 3.22. The van der Waals surface area contributed by atoms with Crippen molar-refractivity contribution >= 4 is 11.6 Å². The number of hydrogen-bond acceptors (Lipinski definition) is 2. The number of hydrogen-bond donors (Lipinski definition) is 1. The van der Waals surface area contributed by atoms with Crippen LogP contribution in [0.2, 0.25) is 5.22 Å². The normalized spacial score (nSPS) is 12.0. The Hall–Kier alpha value is -0.470. The van der Waals surface area contributed by atoms with E-state index in [0.717, 1.165) is 18.8 Å². The zero-order valence-corrected chi connectivity index (χ0v) is 11.3. The number of nitrogens with one attached hydrogen (secondary N) is 1. The monoisotopic (exact) mass is 243 g/mol. The Morgan fingerprint density at radius 1 is 1.19 bits per heavy atom. The van der Waals surface area contributed by atoms with Crippen molar-refractivity contribution in [2.75, 3.05) is 6.54 Å². The van der Waals surface area contributed by atoms with Gasteiger partial charge >= 0.3 is 0 Å². The van der Waals surface area contributed by atoms with Crippen LogP contribution in [0.1, 0.15) is 33.5 Å². The number of halogens is 1. The molecule has 1 N–H and O–H groups in total. The molecule has 0 unspecified atom stereocenters. The molecule has 1 heterocycles. The van der Waals surface area contributed by atoms with Gasteiger partial charge in [-0.05, 0) is 48.0 Å². The van der Waals surface area contributed by atoms with E-state index >= 15 is 0 Å². The topological polar surface area (TPSA) is 25.2 Å². The maximum atomic E-state index is 5.71. The Balaban J connectivity index is 2.33. The molecule has 1 rings (SSSR count). The van der Waals surface area contributed by atoms with Gasteiger partial charge in [-0.15, -0.1) is 0 Å². The molecule has 0 aliphatic rings. The van der Waals surface area contributed by atoms with Gasteiger partial charge in [0, 0.05) is 0 Å². The minimum atomic E-state index is 0.459. The lowest BCUT2D eigenvalue weighted by molar-refractivity contribution is 0.272. The first-order chi connectivity index (χ1) is 7.50. The fourth-order valence-electron chi connectivity index (χ4n) is 2.05. The van der Waals surface area contributed by atoms with Crippen LogP contribution in [-0.2, 0) is 6.54 Å². The van der Waals surface area contributed by atoms with Crippen LogP contribution in [-0.4, -0.2) is 6.54 Å². The minimum Gasteiger partial charge on any atom is -0.448 e. The van der Waals surface area contributed by atoms with Crippen molar-refractivity contribution < 1.29 is 4.42 Å². The van der Waals surface area contributed by atoms with Crippen molar-refractivity contribution in [1.29, 1.82) is 0 Å². The summed E-state index contributed by atoms with van der Waals surface area (Å²) >= 11 is 5.71. The summed E-state index contributed by atoms with van der Waals surface area (Å²) in [5.74, 6) is 3.00. The van der Waals surface area contributed by atoms with Crippen molar-refractivity contribution in [3.05, 3.63) is 23.1 Å². The molecule has 1 aromatic rings. The molecule has 0 saturated heterocycles. The fraction of sp³-hybridized carbons (Fsp3) is 0.692. The molecular formula is C13H22ClNO.